The van der Waals surface area contributed by atoms with Gasteiger partial charge in [-0.1, -0.05) is 30.1 Å². The number of fused-ring (bicyclic) bond motifs is 1. The second kappa shape index (κ2) is 5.25. The summed E-state index contributed by atoms with van der Waals surface area (Å²) in [7, 11) is 0. The summed E-state index contributed by atoms with van der Waals surface area (Å²) in [4.78, 5) is 4.53. The van der Waals surface area contributed by atoms with Crippen molar-refractivity contribution in [1.29, 1.82) is 0 Å². The van der Waals surface area contributed by atoms with Crippen LogP contribution in [-0.4, -0.2) is 21.3 Å². The van der Waals surface area contributed by atoms with E-state index in [4.69, 9.17) is 28.3 Å². The van der Waals surface area contributed by atoms with Gasteiger partial charge in [-0.15, -0.1) is 0 Å². The number of aryl methyl sites for hydroxylation is 1. The molecule has 2 rings (SSSR count). The molecular formula is C12H14Cl2N2O. The van der Waals surface area contributed by atoms with Gasteiger partial charge in [-0.25, -0.2) is 4.98 Å². The molecule has 0 atom stereocenters. The maximum atomic E-state index is 9.11. The first-order valence-corrected chi connectivity index (χ1v) is 6.38. The van der Waals surface area contributed by atoms with Crippen molar-refractivity contribution in [2.24, 2.45) is 0 Å². The minimum atomic E-state index is 0.0857. The molecule has 2 aromatic rings. The van der Waals surface area contributed by atoms with Crippen LogP contribution in [0.25, 0.3) is 11.0 Å². The fourth-order valence-corrected chi connectivity index (χ4v) is 2.25. The summed E-state index contributed by atoms with van der Waals surface area (Å²) in [5, 5.41) is 10.1. The molecule has 0 aliphatic carbocycles. The normalized spacial score (nSPS) is 11.3. The van der Waals surface area contributed by atoms with Crippen LogP contribution in [0.15, 0.2) is 12.1 Å². The number of nitrogens with zero attached hydrogens (tertiary/aromatic N) is 2. The Labute approximate surface area is 110 Å². The minimum absolute atomic E-state index is 0.0857. The average Bonchev–Trinajstić information content (AvgIpc) is 2.59. The van der Waals surface area contributed by atoms with Crippen LogP contribution in [0, 0.1) is 0 Å². The van der Waals surface area contributed by atoms with E-state index in [-0.39, 0.29) is 6.61 Å². The summed E-state index contributed by atoms with van der Waals surface area (Å²) < 4.78 is 2.00. The standard InChI is InChI=1S/C12H14Cl2N2O/c1-2-3-12-15-10-6-8(13)9(14)7-11(10)16(12)4-5-17/h6-7,17H,2-5H2,1H3. The van der Waals surface area contributed by atoms with Crippen molar-refractivity contribution in [1.82, 2.24) is 9.55 Å². The van der Waals surface area contributed by atoms with Crippen LogP contribution >= 0.6 is 23.2 Å². The van der Waals surface area contributed by atoms with Crippen LogP contribution in [0.2, 0.25) is 10.0 Å². The molecule has 0 amide bonds. The highest BCUT2D eigenvalue weighted by molar-refractivity contribution is 6.42. The number of hydrogen-bond donors (Lipinski definition) is 1. The summed E-state index contributed by atoms with van der Waals surface area (Å²) in [6, 6.07) is 3.58. The quantitative estimate of drug-likeness (QED) is 0.928. The largest absolute Gasteiger partial charge is 0.395 e. The molecule has 0 saturated carbocycles. The molecule has 1 N–H and O–H groups in total. The van der Waals surface area contributed by atoms with Gasteiger partial charge in [-0.05, 0) is 18.6 Å². The van der Waals surface area contributed by atoms with Crippen LogP contribution in [0.1, 0.15) is 19.2 Å². The van der Waals surface area contributed by atoms with Gasteiger partial charge < -0.3 is 9.67 Å². The van der Waals surface area contributed by atoms with Gasteiger partial charge in [0.25, 0.3) is 0 Å². The topological polar surface area (TPSA) is 38.0 Å². The third-order valence-electron chi connectivity index (χ3n) is 2.67. The zero-order chi connectivity index (χ0) is 12.4. The molecule has 0 fully saturated rings. The molecule has 1 heterocycles. The number of rotatable bonds is 4. The van der Waals surface area contributed by atoms with Gasteiger partial charge in [0, 0.05) is 13.0 Å². The van der Waals surface area contributed by atoms with Gasteiger partial charge >= 0.3 is 0 Å². The van der Waals surface area contributed by atoms with Crippen molar-refractivity contribution < 1.29 is 5.11 Å². The first kappa shape index (κ1) is 12.7. The lowest BCUT2D eigenvalue weighted by Crippen LogP contribution is -2.06. The smallest absolute Gasteiger partial charge is 0.109 e. The number of aliphatic hydroxyl groups is 1. The summed E-state index contributed by atoms with van der Waals surface area (Å²) >= 11 is 12.0. The Hall–Kier alpha value is -0.770. The molecular weight excluding hydrogens is 259 g/mol. The third-order valence-corrected chi connectivity index (χ3v) is 3.39. The van der Waals surface area contributed by atoms with E-state index in [9.17, 15) is 0 Å². The number of halogens is 2. The fourth-order valence-electron chi connectivity index (χ4n) is 1.93. The van der Waals surface area contributed by atoms with E-state index >= 15 is 0 Å². The molecule has 5 heteroatoms. The Morgan fingerprint density at radius 1 is 1.29 bits per heavy atom. The van der Waals surface area contributed by atoms with E-state index in [1.54, 1.807) is 12.1 Å². The number of hydrogen-bond acceptors (Lipinski definition) is 2. The van der Waals surface area contributed by atoms with E-state index in [1.165, 1.54) is 0 Å². The van der Waals surface area contributed by atoms with Crippen LogP contribution < -0.4 is 0 Å². The lowest BCUT2D eigenvalue weighted by atomic mass is 10.3. The van der Waals surface area contributed by atoms with Gasteiger partial charge in [0.2, 0.25) is 0 Å². The van der Waals surface area contributed by atoms with Gasteiger partial charge in [-0.3, -0.25) is 0 Å². The third kappa shape index (κ3) is 2.41. The van der Waals surface area contributed by atoms with Gasteiger partial charge in [-0.2, -0.15) is 0 Å². The zero-order valence-electron chi connectivity index (χ0n) is 9.58. The van der Waals surface area contributed by atoms with E-state index < -0.39 is 0 Å². The summed E-state index contributed by atoms with van der Waals surface area (Å²) in [6.45, 7) is 2.72. The Kier molecular flexibility index (Phi) is 3.92. The second-order valence-electron chi connectivity index (χ2n) is 3.91. The van der Waals surface area contributed by atoms with Crippen molar-refractivity contribution in [3.63, 3.8) is 0 Å². The number of benzene rings is 1. The average molecular weight is 273 g/mol. The highest BCUT2D eigenvalue weighted by atomic mass is 35.5. The SMILES string of the molecule is CCCc1nc2cc(Cl)c(Cl)cc2n1CCO. The van der Waals surface area contributed by atoms with Gasteiger partial charge in [0.05, 0.1) is 27.7 Å². The Bertz CT molecular complexity index is 537. The lowest BCUT2D eigenvalue weighted by molar-refractivity contribution is 0.276. The van der Waals surface area contributed by atoms with Crippen LogP contribution in [0.3, 0.4) is 0 Å². The highest BCUT2D eigenvalue weighted by Crippen LogP contribution is 2.28. The molecule has 0 radical (unpaired) electrons. The summed E-state index contributed by atoms with van der Waals surface area (Å²) in [6.07, 6.45) is 1.89. The van der Waals surface area contributed by atoms with Crippen LogP contribution in [0.5, 0.6) is 0 Å². The van der Waals surface area contributed by atoms with Crippen molar-refractivity contribution >= 4 is 34.2 Å². The second-order valence-corrected chi connectivity index (χ2v) is 4.72. The monoisotopic (exact) mass is 272 g/mol. The van der Waals surface area contributed by atoms with E-state index in [0.717, 1.165) is 29.7 Å². The highest BCUT2D eigenvalue weighted by Gasteiger charge is 2.11. The molecule has 1 aromatic carbocycles. The van der Waals surface area contributed by atoms with E-state index in [0.29, 0.717) is 16.6 Å². The number of imidazole rings is 1. The van der Waals surface area contributed by atoms with Gasteiger partial charge in [0.15, 0.2) is 0 Å². The maximum Gasteiger partial charge on any atom is 0.109 e. The molecule has 3 nitrogen and oxygen atoms in total. The molecule has 0 unspecified atom stereocenters. The predicted molar refractivity (Wildman–Crippen MR) is 70.8 cm³/mol. The van der Waals surface area contributed by atoms with E-state index in [1.807, 2.05) is 4.57 Å². The van der Waals surface area contributed by atoms with Crippen LogP contribution in [-0.2, 0) is 13.0 Å². The van der Waals surface area contributed by atoms with Crippen molar-refractivity contribution in [2.45, 2.75) is 26.3 Å². The Morgan fingerprint density at radius 2 is 2.00 bits per heavy atom. The van der Waals surface area contributed by atoms with Crippen molar-refractivity contribution in [2.75, 3.05) is 6.61 Å². The Morgan fingerprint density at radius 3 is 2.65 bits per heavy atom. The van der Waals surface area contributed by atoms with Crippen molar-refractivity contribution in [3.8, 4) is 0 Å². The zero-order valence-corrected chi connectivity index (χ0v) is 11.1. The number of aliphatic hydroxyl groups excluding tert-OH is 1. The van der Waals surface area contributed by atoms with Crippen molar-refractivity contribution in [3.05, 3.63) is 28.0 Å². The molecule has 92 valence electrons. The maximum absolute atomic E-state index is 9.11. The van der Waals surface area contributed by atoms with Crippen LogP contribution in [0.4, 0.5) is 0 Å². The van der Waals surface area contributed by atoms with Gasteiger partial charge in [0.1, 0.15) is 5.82 Å². The van der Waals surface area contributed by atoms with E-state index in [2.05, 4.69) is 11.9 Å². The summed E-state index contributed by atoms with van der Waals surface area (Å²) in [5.74, 6) is 0.967. The molecule has 0 aliphatic heterocycles. The summed E-state index contributed by atoms with van der Waals surface area (Å²) in [5.41, 5.74) is 1.76. The first-order chi connectivity index (χ1) is 8.17. The molecule has 1 aromatic heterocycles. The molecule has 0 aliphatic rings. The minimum Gasteiger partial charge on any atom is -0.395 e. The Balaban J connectivity index is 2.62. The molecule has 0 saturated heterocycles. The molecule has 17 heavy (non-hydrogen) atoms. The fraction of sp³-hybridized carbons (Fsp3) is 0.417. The molecule has 0 bridgehead atoms. The number of aromatic nitrogens is 2. The first-order valence-electron chi connectivity index (χ1n) is 5.62. The predicted octanol–water partition coefficient (Wildman–Crippen LogP) is 3.29. The molecule has 0 spiro atoms. The lowest BCUT2D eigenvalue weighted by Gasteiger charge is -2.06.